The van der Waals surface area contributed by atoms with Gasteiger partial charge in [0.05, 0.1) is 5.41 Å². The van der Waals surface area contributed by atoms with E-state index in [9.17, 15) is 9.90 Å². The first kappa shape index (κ1) is 14.8. The lowest BCUT2D eigenvalue weighted by molar-refractivity contribution is -0.153. The van der Waals surface area contributed by atoms with Crippen LogP contribution in [0.2, 0.25) is 0 Å². The van der Waals surface area contributed by atoms with E-state index >= 15 is 0 Å². The Kier molecular flexibility index (Phi) is 5.26. The van der Waals surface area contributed by atoms with Crippen molar-refractivity contribution in [1.82, 2.24) is 4.90 Å². The van der Waals surface area contributed by atoms with E-state index in [4.69, 9.17) is 0 Å². The maximum absolute atomic E-state index is 11.8. The van der Waals surface area contributed by atoms with Gasteiger partial charge in [-0.2, -0.15) is 0 Å². The first-order valence-electron chi connectivity index (χ1n) is 8.15. The van der Waals surface area contributed by atoms with Gasteiger partial charge in [0, 0.05) is 12.6 Å². The molecule has 3 heteroatoms. The van der Waals surface area contributed by atoms with Crippen LogP contribution < -0.4 is 0 Å². The molecule has 2 fully saturated rings. The van der Waals surface area contributed by atoms with E-state index < -0.39 is 11.4 Å². The molecule has 1 saturated heterocycles. The highest BCUT2D eigenvalue weighted by Gasteiger charge is 2.42. The van der Waals surface area contributed by atoms with Crippen molar-refractivity contribution >= 4 is 5.97 Å². The summed E-state index contributed by atoms with van der Waals surface area (Å²) in [5.74, 6) is -0.550. The molecule has 0 aromatic rings. The fraction of sp³-hybridized carbons (Fsp3) is 0.938. The van der Waals surface area contributed by atoms with Crippen LogP contribution in [0.3, 0.4) is 0 Å². The number of hydrogen-bond acceptors (Lipinski definition) is 2. The number of carboxylic acids is 1. The van der Waals surface area contributed by atoms with Crippen molar-refractivity contribution in [3.8, 4) is 0 Å². The highest BCUT2D eigenvalue weighted by molar-refractivity contribution is 5.75. The molecule has 19 heavy (non-hydrogen) atoms. The highest BCUT2D eigenvalue weighted by atomic mass is 16.4. The molecule has 1 aliphatic heterocycles. The van der Waals surface area contributed by atoms with Crippen molar-refractivity contribution in [1.29, 1.82) is 0 Å². The van der Waals surface area contributed by atoms with Gasteiger partial charge in [0.1, 0.15) is 0 Å². The van der Waals surface area contributed by atoms with Gasteiger partial charge in [-0.15, -0.1) is 0 Å². The average Bonchev–Trinajstić information content (AvgIpc) is 2.64. The first-order valence-corrected chi connectivity index (χ1v) is 8.15. The summed E-state index contributed by atoms with van der Waals surface area (Å²) in [5, 5.41) is 9.72. The molecular formula is C16H29NO2. The Balaban J connectivity index is 2.07. The van der Waals surface area contributed by atoms with E-state index in [0.717, 1.165) is 45.2 Å². The summed E-state index contributed by atoms with van der Waals surface area (Å²) in [4.78, 5) is 14.3. The number of nitrogens with zero attached hydrogens (tertiary/aromatic N) is 1. The van der Waals surface area contributed by atoms with Gasteiger partial charge >= 0.3 is 5.97 Å². The largest absolute Gasteiger partial charge is 0.481 e. The SMILES string of the molecule is CCC1CCCCCN1CC1(C(=O)O)CCCCC1. The number of hydrogen-bond donors (Lipinski definition) is 1. The van der Waals surface area contributed by atoms with Crippen molar-refractivity contribution in [3.63, 3.8) is 0 Å². The Bertz CT molecular complexity index is 297. The normalized spacial score (nSPS) is 28.8. The van der Waals surface area contributed by atoms with Crippen molar-refractivity contribution in [2.75, 3.05) is 13.1 Å². The number of carbonyl (C=O) groups is 1. The van der Waals surface area contributed by atoms with Crippen molar-refractivity contribution in [2.24, 2.45) is 5.41 Å². The van der Waals surface area contributed by atoms with Crippen LogP contribution in [0, 0.1) is 5.41 Å². The highest BCUT2D eigenvalue weighted by Crippen LogP contribution is 2.38. The molecule has 0 spiro atoms. The van der Waals surface area contributed by atoms with E-state index in [-0.39, 0.29) is 0 Å². The molecule has 2 aliphatic rings. The third kappa shape index (κ3) is 3.50. The standard InChI is InChI=1S/C16H29NO2/c1-2-14-9-5-3-8-12-17(14)13-16(15(18)19)10-6-4-7-11-16/h14H,2-13H2,1H3,(H,18,19). The molecule has 1 saturated carbocycles. The lowest BCUT2D eigenvalue weighted by atomic mass is 9.73. The van der Waals surface area contributed by atoms with Gasteiger partial charge in [-0.1, -0.05) is 39.0 Å². The Morgan fingerprint density at radius 1 is 1.16 bits per heavy atom. The van der Waals surface area contributed by atoms with Crippen LogP contribution in [0.1, 0.15) is 71.1 Å². The predicted octanol–water partition coefficient (Wildman–Crippen LogP) is 3.68. The quantitative estimate of drug-likeness (QED) is 0.844. The van der Waals surface area contributed by atoms with Crippen molar-refractivity contribution in [3.05, 3.63) is 0 Å². The summed E-state index contributed by atoms with van der Waals surface area (Å²) in [6.07, 6.45) is 11.5. The second kappa shape index (κ2) is 6.74. The third-order valence-corrected chi connectivity index (χ3v) is 5.24. The minimum absolute atomic E-state index is 0.448. The second-order valence-corrected chi connectivity index (χ2v) is 6.53. The van der Waals surface area contributed by atoms with Gasteiger partial charge in [0.25, 0.3) is 0 Å². The molecule has 0 bridgehead atoms. The van der Waals surface area contributed by atoms with Gasteiger partial charge in [0.15, 0.2) is 0 Å². The van der Waals surface area contributed by atoms with Crippen LogP contribution in [0.15, 0.2) is 0 Å². The Labute approximate surface area is 117 Å². The average molecular weight is 267 g/mol. The first-order chi connectivity index (χ1) is 9.18. The summed E-state index contributed by atoms with van der Waals surface area (Å²) in [6, 6.07) is 0.612. The maximum Gasteiger partial charge on any atom is 0.310 e. The minimum Gasteiger partial charge on any atom is -0.481 e. The zero-order valence-electron chi connectivity index (χ0n) is 12.4. The van der Waals surface area contributed by atoms with Crippen LogP contribution in [0.4, 0.5) is 0 Å². The van der Waals surface area contributed by atoms with Gasteiger partial charge < -0.3 is 5.11 Å². The van der Waals surface area contributed by atoms with E-state index in [0.29, 0.717) is 6.04 Å². The lowest BCUT2D eigenvalue weighted by Crippen LogP contribution is -2.48. The Hall–Kier alpha value is -0.570. The molecule has 1 atom stereocenters. The number of rotatable bonds is 4. The predicted molar refractivity (Wildman–Crippen MR) is 77.3 cm³/mol. The Morgan fingerprint density at radius 2 is 1.84 bits per heavy atom. The molecule has 1 heterocycles. The molecule has 1 aliphatic carbocycles. The molecule has 0 amide bonds. The molecule has 2 rings (SSSR count). The maximum atomic E-state index is 11.8. The van der Waals surface area contributed by atoms with Crippen LogP contribution in [-0.4, -0.2) is 35.1 Å². The molecule has 1 N–H and O–H groups in total. The molecule has 3 nitrogen and oxygen atoms in total. The monoisotopic (exact) mass is 267 g/mol. The number of aliphatic carboxylic acids is 1. The molecule has 1 unspecified atom stereocenters. The summed E-state index contributed by atoms with van der Waals surface area (Å²) in [5.41, 5.74) is -0.448. The lowest BCUT2D eigenvalue weighted by Gasteiger charge is -2.40. The van der Waals surface area contributed by atoms with Crippen molar-refractivity contribution in [2.45, 2.75) is 77.2 Å². The van der Waals surface area contributed by atoms with E-state index in [1.807, 2.05) is 0 Å². The van der Waals surface area contributed by atoms with E-state index in [1.54, 1.807) is 0 Å². The Morgan fingerprint density at radius 3 is 2.47 bits per heavy atom. The van der Waals surface area contributed by atoms with Crippen LogP contribution in [0.5, 0.6) is 0 Å². The number of likely N-dealkylation sites (tertiary alicyclic amines) is 1. The van der Waals surface area contributed by atoms with Crippen molar-refractivity contribution < 1.29 is 9.90 Å². The zero-order valence-corrected chi connectivity index (χ0v) is 12.4. The van der Waals surface area contributed by atoms with Gasteiger partial charge in [-0.3, -0.25) is 9.69 Å². The fourth-order valence-electron chi connectivity index (χ4n) is 3.96. The van der Waals surface area contributed by atoms with Crippen LogP contribution in [0.25, 0.3) is 0 Å². The van der Waals surface area contributed by atoms with Gasteiger partial charge in [0.2, 0.25) is 0 Å². The fourth-order valence-corrected chi connectivity index (χ4v) is 3.96. The smallest absolute Gasteiger partial charge is 0.310 e. The topological polar surface area (TPSA) is 40.5 Å². The van der Waals surface area contributed by atoms with Gasteiger partial charge in [-0.05, 0) is 38.6 Å². The minimum atomic E-state index is -0.550. The van der Waals surface area contributed by atoms with Crippen LogP contribution in [-0.2, 0) is 4.79 Å². The third-order valence-electron chi connectivity index (χ3n) is 5.24. The second-order valence-electron chi connectivity index (χ2n) is 6.53. The van der Waals surface area contributed by atoms with Gasteiger partial charge in [-0.25, -0.2) is 0 Å². The molecule has 0 radical (unpaired) electrons. The van der Waals surface area contributed by atoms with E-state index in [1.165, 1.54) is 32.1 Å². The summed E-state index contributed by atoms with van der Waals surface area (Å²) in [7, 11) is 0. The zero-order chi connectivity index (χ0) is 13.7. The molecule has 0 aromatic heterocycles. The summed E-state index contributed by atoms with van der Waals surface area (Å²) in [6.45, 7) is 4.14. The van der Waals surface area contributed by atoms with Crippen LogP contribution >= 0.6 is 0 Å². The summed E-state index contributed by atoms with van der Waals surface area (Å²) < 4.78 is 0. The molecular weight excluding hydrogens is 238 g/mol. The molecule has 0 aromatic carbocycles. The molecule has 110 valence electrons. The summed E-state index contributed by atoms with van der Waals surface area (Å²) >= 11 is 0. The van der Waals surface area contributed by atoms with E-state index in [2.05, 4.69) is 11.8 Å². The number of carboxylic acid groups (broad SMARTS) is 1.